The van der Waals surface area contributed by atoms with E-state index in [1.54, 1.807) is 12.1 Å². The standard InChI is InChI=1S/C15H15BrN2O4S/c1-2-3-8-18-14(20)7-4-10(17-18)15(21)22-9-11(19)12-5-6-13(16)23-12/h4-7H,2-3,8-9H2,1H3. The van der Waals surface area contributed by atoms with Gasteiger partial charge < -0.3 is 4.74 Å². The van der Waals surface area contributed by atoms with Crippen molar-refractivity contribution in [1.29, 1.82) is 0 Å². The number of carbonyl (C=O) groups excluding carboxylic acids is 2. The van der Waals surface area contributed by atoms with Gasteiger partial charge in [0.1, 0.15) is 0 Å². The van der Waals surface area contributed by atoms with Gasteiger partial charge in [-0.1, -0.05) is 13.3 Å². The number of aromatic nitrogens is 2. The van der Waals surface area contributed by atoms with Crippen molar-refractivity contribution < 1.29 is 14.3 Å². The Morgan fingerprint density at radius 3 is 2.74 bits per heavy atom. The summed E-state index contributed by atoms with van der Waals surface area (Å²) in [5, 5.41) is 3.98. The van der Waals surface area contributed by atoms with Crippen molar-refractivity contribution in [1.82, 2.24) is 9.78 Å². The van der Waals surface area contributed by atoms with E-state index in [1.165, 1.54) is 28.2 Å². The lowest BCUT2D eigenvalue weighted by Gasteiger charge is -2.06. The van der Waals surface area contributed by atoms with Gasteiger partial charge in [-0.3, -0.25) is 9.59 Å². The molecule has 0 unspecified atom stereocenters. The summed E-state index contributed by atoms with van der Waals surface area (Å²) in [6.45, 7) is 2.08. The van der Waals surface area contributed by atoms with Crippen molar-refractivity contribution in [2.45, 2.75) is 26.3 Å². The van der Waals surface area contributed by atoms with Crippen LogP contribution in [0, 0.1) is 0 Å². The molecular weight excluding hydrogens is 384 g/mol. The van der Waals surface area contributed by atoms with Crippen LogP contribution in [-0.4, -0.2) is 28.1 Å². The molecule has 0 aromatic carbocycles. The quantitative estimate of drug-likeness (QED) is 0.529. The molecule has 0 aliphatic rings. The first kappa shape index (κ1) is 17.6. The lowest BCUT2D eigenvalue weighted by molar-refractivity contribution is 0.0467. The number of halogens is 1. The highest BCUT2D eigenvalue weighted by Crippen LogP contribution is 2.22. The van der Waals surface area contributed by atoms with Gasteiger partial charge >= 0.3 is 5.97 Å². The number of thiophene rings is 1. The number of ketones is 1. The first-order valence-corrected chi connectivity index (χ1v) is 8.66. The third-order valence-electron chi connectivity index (χ3n) is 2.98. The Morgan fingerprint density at radius 2 is 2.09 bits per heavy atom. The minimum absolute atomic E-state index is 0.0147. The number of esters is 1. The number of carbonyl (C=O) groups is 2. The molecule has 2 rings (SSSR count). The lowest BCUT2D eigenvalue weighted by Crippen LogP contribution is -2.25. The highest BCUT2D eigenvalue weighted by atomic mass is 79.9. The van der Waals surface area contributed by atoms with Gasteiger partial charge in [-0.05, 0) is 40.5 Å². The van der Waals surface area contributed by atoms with E-state index in [2.05, 4.69) is 21.0 Å². The summed E-state index contributed by atoms with van der Waals surface area (Å²) in [6.07, 6.45) is 1.70. The van der Waals surface area contributed by atoms with Crippen LogP contribution in [0.2, 0.25) is 0 Å². The maximum atomic E-state index is 12.0. The number of nitrogens with zero attached hydrogens (tertiary/aromatic N) is 2. The maximum absolute atomic E-state index is 12.0. The van der Waals surface area contributed by atoms with Crippen molar-refractivity contribution in [3.05, 3.63) is 49.0 Å². The molecule has 0 bridgehead atoms. The minimum Gasteiger partial charge on any atom is -0.452 e. The molecule has 0 saturated heterocycles. The average molecular weight is 399 g/mol. The van der Waals surface area contributed by atoms with Gasteiger partial charge in [-0.2, -0.15) is 5.10 Å². The van der Waals surface area contributed by atoms with E-state index in [0.717, 1.165) is 16.6 Å². The zero-order valence-corrected chi connectivity index (χ0v) is 14.9. The van der Waals surface area contributed by atoms with E-state index in [-0.39, 0.29) is 23.6 Å². The highest BCUT2D eigenvalue weighted by Gasteiger charge is 2.15. The molecule has 6 nitrogen and oxygen atoms in total. The molecule has 0 N–H and O–H groups in total. The first-order chi connectivity index (χ1) is 11.0. The van der Waals surface area contributed by atoms with Gasteiger partial charge in [0.15, 0.2) is 12.3 Å². The summed E-state index contributed by atoms with van der Waals surface area (Å²) in [4.78, 5) is 36.0. The van der Waals surface area contributed by atoms with Gasteiger partial charge in [0.25, 0.3) is 5.56 Å². The molecule has 2 aromatic heterocycles. The largest absolute Gasteiger partial charge is 0.452 e. The Kier molecular flexibility index (Phi) is 6.23. The zero-order chi connectivity index (χ0) is 16.8. The Balaban J connectivity index is 2.00. The minimum atomic E-state index is -0.723. The second kappa shape index (κ2) is 8.16. The zero-order valence-electron chi connectivity index (χ0n) is 12.5. The molecule has 0 atom stereocenters. The van der Waals surface area contributed by atoms with Crippen molar-refractivity contribution in [2.75, 3.05) is 6.61 Å². The van der Waals surface area contributed by atoms with E-state index in [1.807, 2.05) is 6.92 Å². The summed E-state index contributed by atoms with van der Waals surface area (Å²) in [6, 6.07) is 6.00. The molecule has 0 aliphatic heterocycles. The number of aryl methyl sites for hydroxylation is 1. The van der Waals surface area contributed by atoms with Crippen LogP contribution in [0.1, 0.15) is 39.9 Å². The predicted octanol–water partition coefficient (Wildman–Crippen LogP) is 2.91. The number of unbranched alkanes of at least 4 members (excludes halogenated alkanes) is 1. The van der Waals surface area contributed by atoms with E-state index >= 15 is 0 Å². The molecule has 0 aliphatic carbocycles. The van der Waals surface area contributed by atoms with E-state index < -0.39 is 5.97 Å². The van der Waals surface area contributed by atoms with Gasteiger partial charge in [-0.25, -0.2) is 9.48 Å². The summed E-state index contributed by atoms with van der Waals surface area (Å²) in [7, 11) is 0. The molecule has 0 spiro atoms. The SMILES string of the molecule is CCCCn1nc(C(=O)OCC(=O)c2ccc(Br)s2)ccc1=O. The highest BCUT2D eigenvalue weighted by molar-refractivity contribution is 9.11. The fourth-order valence-electron chi connectivity index (χ4n) is 1.77. The topological polar surface area (TPSA) is 78.3 Å². The summed E-state index contributed by atoms with van der Waals surface area (Å²) < 4.78 is 7.04. The van der Waals surface area contributed by atoms with Gasteiger partial charge in [0, 0.05) is 12.6 Å². The van der Waals surface area contributed by atoms with Crippen LogP contribution in [0.15, 0.2) is 32.8 Å². The normalized spacial score (nSPS) is 10.5. The summed E-state index contributed by atoms with van der Waals surface area (Å²) in [5.41, 5.74) is -0.254. The van der Waals surface area contributed by atoms with Crippen molar-refractivity contribution in [3.63, 3.8) is 0 Å². The van der Waals surface area contributed by atoms with Crippen LogP contribution in [0.5, 0.6) is 0 Å². The monoisotopic (exact) mass is 398 g/mol. The number of hydrogen-bond donors (Lipinski definition) is 0. The molecule has 23 heavy (non-hydrogen) atoms. The van der Waals surface area contributed by atoms with Crippen LogP contribution in [0.25, 0.3) is 0 Å². The molecule has 0 fully saturated rings. The third kappa shape index (κ3) is 4.84. The Labute approximate surface area is 145 Å². The van der Waals surface area contributed by atoms with Crippen LogP contribution in [0.4, 0.5) is 0 Å². The van der Waals surface area contributed by atoms with Crippen molar-refractivity contribution >= 4 is 39.0 Å². The first-order valence-electron chi connectivity index (χ1n) is 7.05. The molecule has 2 aromatic rings. The van der Waals surface area contributed by atoms with E-state index in [9.17, 15) is 14.4 Å². The number of rotatable bonds is 7. The lowest BCUT2D eigenvalue weighted by atomic mass is 10.3. The predicted molar refractivity (Wildman–Crippen MR) is 90.0 cm³/mol. The summed E-state index contributed by atoms with van der Waals surface area (Å²) in [5.74, 6) is -1.01. The van der Waals surface area contributed by atoms with Crippen LogP contribution < -0.4 is 5.56 Å². The summed E-state index contributed by atoms with van der Waals surface area (Å²) >= 11 is 4.54. The number of ether oxygens (including phenoxy) is 1. The maximum Gasteiger partial charge on any atom is 0.359 e. The molecular formula is C15H15BrN2O4S. The average Bonchev–Trinajstić information content (AvgIpc) is 2.98. The molecule has 8 heteroatoms. The fourth-order valence-corrected chi connectivity index (χ4v) is 3.08. The van der Waals surface area contributed by atoms with E-state index in [0.29, 0.717) is 11.4 Å². The molecule has 0 amide bonds. The second-order valence-electron chi connectivity index (χ2n) is 4.74. The van der Waals surface area contributed by atoms with Gasteiger partial charge in [-0.15, -0.1) is 11.3 Å². The Morgan fingerprint density at radius 1 is 1.30 bits per heavy atom. The molecule has 2 heterocycles. The molecule has 0 saturated carbocycles. The van der Waals surface area contributed by atoms with Crippen LogP contribution in [-0.2, 0) is 11.3 Å². The molecule has 122 valence electrons. The van der Waals surface area contributed by atoms with Gasteiger partial charge in [0.05, 0.1) is 8.66 Å². The van der Waals surface area contributed by atoms with Crippen molar-refractivity contribution in [2.24, 2.45) is 0 Å². The molecule has 0 radical (unpaired) electrons. The van der Waals surface area contributed by atoms with Gasteiger partial charge in [0.2, 0.25) is 5.78 Å². The Bertz CT molecular complexity index is 769. The fraction of sp³-hybridized carbons (Fsp3) is 0.333. The van der Waals surface area contributed by atoms with E-state index in [4.69, 9.17) is 4.74 Å². The second-order valence-corrected chi connectivity index (χ2v) is 7.20. The third-order valence-corrected chi connectivity index (χ3v) is 4.65. The van der Waals surface area contributed by atoms with Crippen molar-refractivity contribution in [3.8, 4) is 0 Å². The van der Waals surface area contributed by atoms with Crippen LogP contribution in [0.3, 0.4) is 0 Å². The number of hydrogen-bond acceptors (Lipinski definition) is 6. The smallest absolute Gasteiger partial charge is 0.359 e. The van der Waals surface area contributed by atoms with Crippen LogP contribution >= 0.6 is 27.3 Å². The number of Topliss-reactive ketones (excluding diaryl/α,β-unsaturated/α-hetero) is 1. The Hall–Kier alpha value is -1.80.